The molecule has 26 heavy (non-hydrogen) atoms. The maximum atomic E-state index is 12.3. The Morgan fingerprint density at radius 3 is 3.00 bits per heavy atom. The van der Waals surface area contributed by atoms with E-state index in [0.29, 0.717) is 35.7 Å². The average Bonchev–Trinajstić information content (AvgIpc) is 3.20. The summed E-state index contributed by atoms with van der Waals surface area (Å²) in [6.07, 6.45) is 0.592. The molecule has 0 aliphatic heterocycles. The third kappa shape index (κ3) is 4.55. The topological polar surface area (TPSA) is 84.8 Å². The lowest BCUT2D eigenvalue weighted by molar-refractivity contribution is 0.0953. The number of nitrogens with zero attached hydrogens (tertiary/aromatic N) is 3. The first-order chi connectivity index (χ1) is 12.5. The summed E-state index contributed by atoms with van der Waals surface area (Å²) in [4.78, 5) is 16.7. The minimum absolute atomic E-state index is 0.156. The number of hydrogen-bond acceptors (Lipinski definition) is 6. The molecule has 3 aromatic rings. The first kappa shape index (κ1) is 18.3. The maximum Gasteiger partial charge on any atom is 0.251 e. The van der Waals surface area contributed by atoms with E-state index in [2.05, 4.69) is 20.5 Å². The van der Waals surface area contributed by atoms with Gasteiger partial charge in [0, 0.05) is 31.0 Å². The second-order valence-corrected chi connectivity index (χ2v) is 7.13. The summed E-state index contributed by atoms with van der Waals surface area (Å²) in [5.41, 5.74) is 1.43. The van der Waals surface area contributed by atoms with Crippen LogP contribution >= 0.6 is 23.6 Å². The number of carbonyl (C=O) groups excluding carboxylic acids is 1. The van der Waals surface area contributed by atoms with Crippen LogP contribution < -0.4 is 10.1 Å². The Bertz CT molecular complexity index is 960. The molecule has 9 heteroatoms. The van der Waals surface area contributed by atoms with Crippen LogP contribution in [-0.2, 0) is 20.1 Å². The van der Waals surface area contributed by atoms with Crippen LogP contribution in [0, 0.1) is 11.7 Å². The Hall–Kier alpha value is -2.52. The second kappa shape index (κ2) is 8.24. The van der Waals surface area contributed by atoms with Crippen LogP contribution in [0.3, 0.4) is 0 Å². The monoisotopic (exact) mass is 389 g/mol. The van der Waals surface area contributed by atoms with Crippen LogP contribution in [0.4, 0.5) is 0 Å². The van der Waals surface area contributed by atoms with E-state index in [-0.39, 0.29) is 5.91 Å². The molecule has 136 valence electrons. The average molecular weight is 390 g/mol. The van der Waals surface area contributed by atoms with Crippen molar-refractivity contribution in [1.29, 1.82) is 0 Å². The minimum Gasteiger partial charge on any atom is -0.487 e. The Morgan fingerprint density at radius 2 is 2.31 bits per heavy atom. The zero-order chi connectivity index (χ0) is 18.5. The fourth-order valence-electron chi connectivity index (χ4n) is 2.35. The van der Waals surface area contributed by atoms with Crippen LogP contribution in [-0.4, -0.2) is 32.2 Å². The molecule has 1 amide bonds. The first-order valence-electron chi connectivity index (χ1n) is 8.05. The van der Waals surface area contributed by atoms with Gasteiger partial charge < -0.3 is 14.6 Å². The molecule has 0 atom stereocenters. The van der Waals surface area contributed by atoms with E-state index in [1.54, 1.807) is 34.1 Å². The largest absolute Gasteiger partial charge is 0.487 e. The number of thiazole rings is 1. The molecule has 0 spiro atoms. The number of carbonyl (C=O) groups is 1. The predicted octanol–water partition coefficient (Wildman–Crippen LogP) is 2.79. The van der Waals surface area contributed by atoms with Crippen molar-refractivity contribution in [2.24, 2.45) is 7.05 Å². The molecule has 0 unspecified atom stereocenters. The summed E-state index contributed by atoms with van der Waals surface area (Å²) in [5.74, 6) is 1.28. The van der Waals surface area contributed by atoms with Crippen LogP contribution in [0.1, 0.15) is 26.9 Å². The number of hydrogen-bond donors (Lipinski definition) is 2. The highest BCUT2D eigenvalue weighted by Crippen LogP contribution is 2.16. The number of nitrogens with one attached hydrogen (secondary N) is 2. The molecule has 0 fully saturated rings. The van der Waals surface area contributed by atoms with E-state index in [0.717, 1.165) is 16.5 Å². The Kier molecular flexibility index (Phi) is 5.79. The third-order valence-corrected chi connectivity index (χ3v) is 4.94. The van der Waals surface area contributed by atoms with Gasteiger partial charge in [0.05, 0.1) is 10.7 Å². The molecule has 3 rings (SSSR count). The van der Waals surface area contributed by atoms with Gasteiger partial charge in [0.15, 0.2) is 4.77 Å². The van der Waals surface area contributed by atoms with Gasteiger partial charge in [-0.3, -0.25) is 9.89 Å². The van der Waals surface area contributed by atoms with E-state index < -0.39 is 0 Å². The molecule has 2 heterocycles. The van der Waals surface area contributed by atoms with Crippen LogP contribution in [0.2, 0.25) is 0 Å². The lowest BCUT2D eigenvalue weighted by Gasteiger charge is -2.08. The quantitative estimate of drug-likeness (QED) is 0.607. The van der Waals surface area contributed by atoms with Crippen molar-refractivity contribution in [1.82, 2.24) is 25.1 Å². The summed E-state index contributed by atoms with van der Waals surface area (Å²) in [6, 6.07) is 7.11. The number of H-pyrrole nitrogens is 1. The van der Waals surface area contributed by atoms with Gasteiger partial charge in [-0.25, -0.2) is 4.98 Å². The van der Waals surface area contributed by atoms with Gasteiger partial charge in [0.1, 0.15) is 18.2 Å². The zero-order valence-electron chi connectivity index (χ0n) is 14.5. The third-order valence-electron chi connectivity index (χ3n) is 3.76. The lowest BCUT2D eigenvalue weighted by atomic mass is 10.2. The molecule has 0 aliphatic rings. The molecule has 2 N–H and O–H groups in total. The number of ether oxygens (including phenoxy) is 1. The standard InChI is InChI=1S/C17H19N5O2S2/c1-11-19-13(10-26-11)9-24-14-5-3-4-12(8-14)16(23)18-7-6-15-20-21-17(25)22(15)2/h3-5,8,10H,6-7,9H2,1-2H3,(H,18,23)(H,21,25). The molecule has 0 saturated carbocycles. The molecular formula is C17H19N5O2S2. The van der Waals surface area contributed by atoms with Gasteiger partial charge in [-0.15, -0.1) is 11.3 Å². The molecule has 0 aliphatic carbocycles. The maximum absolute atomic E-state index is 12.3. The van der Waals surface area contributed by atoms with E-state index in [4.69, 9.17) is 17.0 Å². The summed E-state index contributed by atoms with van der Waals surface area (Å²) in [7, 11) is 1.84. The molecule has 0 radical (unpaired) electrons. The molecule has 2 aromatic heterocycles. The van der Waals surface area contributed by atoms with Crippen molar-refractivity contribution >= 4 is 29.5 Å². The van der Waals surface area contributed by atoms with Gasteiger partial charge in [-0.05, 0) is 37.3 Å². The van der Waals surface area contributed by atoms with Crippen LogP contribution in [0.5, 0.6) is 5.75 Å². The van der Waals surface area contributed by atoms with Crippen molar-refractivity contribution < 1.29 is 9.53 Å². The number of benzene rings is 1. The lowest BCUT2D eigenvalue weighted by Crippen LogP contribution is -2.26. The SMILES string of the molecule is Cc1nc(COc2cccc(C(=O)NCCc3n[nH]c(=S)n3C)c2)cs1. The summed E-state index contributed by atoms with van der Waals surface area (Å²) in [6.45, 7) is 2.81. The summed E-state index contributed by atoms with van der Waals surface area (Å²) in [5, 5.41) is 12.7. The normalized spacial score (nSPS) is 10.7. The fourth-order valence-corrected chi connectivity index (χ4v) is 3.10. The van der Waals surface area contributed by atoms with Crippen molar-refractivity contribution in [3.8, 4) is 5.75 Å². The van der Waals surface area contributed by atoms with Crippen molar-refractivity contribution in [3.05, 3.63) is 56.5 Å². The summed E-state index contributed by atoms with van der Waals surface area (Å²) < 4.78 is 8.07. The first-order valence-corrected chi connectivity index (χ1v) is 9.34. The van der Waals surface area contributed by atoms with E-state index in [1.165, 1.54) is 0 Å². The van der Waals surface area contributed by atoms with Gasteiger partial charge in [-0.2, -0.15) is 5.10 Å². The smallest absolute Gasteiger partial charge is 0.251 e. The van der Waals surface area contributed by atoms with E-state index in [1.807, 2.05) is 25.4 Å². The van der Waals surface area contributed by atoms with Gasteiger partial charge >= 0.3 is 0 Å². The Morgan fingerprint density at radius 1 is 1.46 bits per heavy atom. The van der Waals surface area contributed by atoms with E-state index >= 15 is 0 Å². The van der Waals surface area contributed by atoms with Gasteiger partial charge in [0.2, 0.25) is 0 Å². The highest BCUT2D eigenvalue weighted by molar-refractivity contribution is 7.71. The van der Waals surface area contributed by atoms with E-state index in [9.17, 15) is 4.79 Å². The number of aromatic amines is 1. The van der Waals surface area contributed by atoms with Crippen molar-refractivity contribution in [2.45, 2.75) is 20.0 Å². The van der Waals surface area contributed by atoms with Crippen molar-refractivity contribution in [2.75, 3.05) is 6.54 Å². The highest BCUT2D eigenvalue weighted by Gasteiger charge is 2.08. The minimum atomic E-state index is -0.156. The molecular weight excluding hydrogens is 370 g/mol. The molecule has 1 aromatic carbocycles. The zero-order valence-corrected chi connectivity index (χ0v) is 16.1. The van der Waals surface area contributed by atoms with Crippen LogP contribution in [0.25, 0.3) is 0 Å². The van der Waals surface area contributed by atoms with Crippen LogP contribution in [0.15, 0.2) is 29.6 Å². The van der Waals surface area contributed by atoms with Crippen molar-refractivity contribution in [3.63, 3.8) is 0 Å². The number of aromatic nitrogens is 4. The Labute approximate surface area is 160 Å². The second-order valence-electron chi connectivity index (χ2n) is 5.68. The van der Waals surface area contributed by atoms with Gasteiger partial charge in [-0.1, -0.05) is 6.07 Å². The fraction of sp³-hybridized carbons (Fsp3) is 0.294. The number of aryl methyl sites for hydroxylation is 1. The Balaban J connectivity index is 1.54. The molecule has 0 saturated heterocycles. The number of rotatable bonds is 7. The van der Waals surface area contributed by atoms with Gasteiger partial charge in [0.25, 0.3) is 5.91 Å². The highest BCUT2D eigenvalue weighted by atomic mass is 32.1. The number of amides is 1. The predicted molar refractivity (Wildman–Crippen MR) is 102 cm³/mol. The molecule has 7 nitrogen and oxygen atoms in total. The molecule has 0 bridgehead atoms. The summed E-state index contributed by atoms with van der Waals surface area (Å²) >= 11 is 6.65.